The second-order valence-corrected chi connectivity index (χ2v) is 10.6. The molecule has 4 rings (SSSR count). The van der Waals surface area contributed by atoms with E-state index in [-0.39, 0.29) is 27.9 Å². The first-order valence-corrected chi connectivity index (χ1v) is 12.3. The Morgan fingerprint density at radius 3 is 2.47 bits per heavy atom. The van der Waals surface area contributed by atoms with Gasteiger partial charge in [0.05, 0.1) is 18.4 Å². The number of anilines is 1. The molecule has 0 radical (unpaired) electrons. The van der Waals surface area contributed by atoms with Gasteiger partial charge in [-0.1, -0.05) is 32.1 Å². The molecule has 3 aromatic rings. The second kappa shape index (κ2) is 8.98. The zero-order valence-electron chi connectivity index (χ0n) is 19.2. The van der Waals surface area contributed by atoms with E-state index in [4.69, 9.17) is 14.3 Å². The summed E-state index contributed by atoms with van der Waals surface area (Å²) in [6.07, 6.45) is 6.56. The summed E-state index contributed by atoms with van der Waals surface area (Å²) in [4.78, 5) is 15.3. The highest BCUT2D eigenvalue weighted by atomic mass is 32.2. The monoisotopic (exact) mass is 482 g/mol. The van der Waals surface area contributed by atoms with Gasteiger partial charge < -0.3 is 14.3 Å². The highest BCUT2D eigenvalue weighted by molar-refractivity contribution is 7.92. The Kier molecular flexibility index (Phi) is 6.22. The van der Waals surface area contributed by atoms with Gasteiger partial charge in [0.25, 0.3) is 10.0 Å². The fourth-order valence-electron chi connectivity index (χ4n) is 3.79. The topological polar surface area (TPSA) is 119 Å². The lowest BCUT2D eigenvalue weighted by Gasteiger charge is -2.28. The summed E-state index contributed by atoms with van der Waals surface area (Å²) in [5, 5.41) is 8.81. The summed E-state index contributed by atoms with van der Waals surface area (Å²) in [6, 6.07) is 11.5. The zero-order valence-corrected chi connectivity index (χ0v) is 20.0. The molecule has 1 heterocycles. The predicted octanol–water partition coefficient (Wildman–Crippen LogP) is 5.44. The Balaban J connectivity index is 1.53. The van der Waals surface area contributed by atoms with Gasteiger partial charge in [-0.2, -0.15) is 13.4 Å². The van der Waals surface area contributed by atoms with Crippen LogP contribution in [0.3, 0.4) is 0 Å². The van der Waals surface area contributed by atoms with Crippen LogP contribution in [0.5, 0.6) is 5.75 Å². The predicted molar refractivity (Wildman–Crippen MR) is 128 cm³/mol. The van der Waals surface area contributed by atoms with Crippen LogP contribution < -0.4 is 9.46 Å². The third kappa shape index (κ3) is 4.99. The maximum absolute atomic E-state index is 12.8. The molecule has 9 heteroatoms. The van der Waals surface area contributed by atoms with Crippen molar-refractivity contribution in [1.29, 1.82) is 0 Å². The molecular weight excluding hydrogens is 456 g/mol. The number of rotatable bonds is 7. The van der Waals surface area contributed by atoms with Gasteiger partial charge in [0, 0.05) is 5.56 Å². The van der Waals surface area contributed by atoms with Gasteiger partial charge in [-0.05, 0) is 66.1 Å². The van der Waals surface area contributed by atoms with E-state index < -0.39 is 16.0 Å². The fourth-order valence-corrected chi connectivity index (χ4v) is 4.73. The van der Waals surface area contributed by atoms with Crippen LogP contribution in [0.25, 0.3) is 17.0 Å². The Hall–Kier alpha value is -3.59. The lowest BCUT2D eigenvalue weighted by atomic mass is 9.77. The maximum atomic E-state index is 12.8. The Morgan fingerprint density at radius 1 is 1.15 bits per heavy atom. The van der Waals surface area contributed by atoms with Crippen molar-refractivity contribution in [2.24, 2.45) is 5.41 Å². The van der Waals surface area contributed by atoms with Crippen molar-refractivity contribution in [2.45, 2.75) is 38.1 Å². The van der Waals surface area contributed by atoms with Gasteiger partial charge in [-0.3, -0.25) is 4.72 Å². The Morgan fingerprint density at radius 2 is 1.85 bits per heavy atom. The van der Waals surface area contributed by atoms with Crippen LogP contribution in [0.4, 0.5) is 5.69 Å². The van der Waals surface area contributed by atoms with E-state index in [0.717, 1.165) is 31.1 Å². The van der Waals surface area contributed by atoms with Crippen LogP contribution in [0, 0.1) is 5.41 Å². The number of carboxylic acids is 1. The number of hydrogen-bond donors (Lipinski definition) is 2. The molecule has 0 fully saturated rings. The number of carbonyl (C=O) groups is 1. The minimum atomic E-state index is -4.09. The fraction of sp³-hybridized carbons (Fsp3) is 0.280. The molecule has 0 spiro atoms. The van der Waals surface area contributed by atoms with Gasteiger partial charge in [-0.15, -0.1) is 0 Å². The summed E-state index contributed by atoms with van der Waals surface area (Å²) in [5.41, 5.74) is 3.50. The van der Waals surface area contributed by atoms with Gasteiger partial charge >= 0.3 is 5.97 Å². The van der Waals surface area contributed by atoms with Crippen LogP contribution in [-0.4, -0.2) is 31.6 Å². The van der Waals surface area contributed by atoms with Crippen molar-refractivity contribution in [3.05, 3.63) is 65.9 Å². The number of nitrogens with zero attached hydrogens (tertiary/aromatic N) is 1. The number of nitrogens with one attached hydrogen (secondary N) is 1. The van der Waals surface area contributed by atoms with E-state index in [2.05, 4.69) is 29.6 Å². The molecule has 0 amide bonds. The number of hydrogen-bond acceptors (Lipinski definition) is 6. The molecule has 1 aliphatic rings. The third-order valence-corrected chi connectivity index (χ3v) is 7.15. The first-order chi connectivity index (χ1) is 16.1. The molecule has 178 valence electrons. The van der Waals surface area contributed by atoms with E-state index in [1.165, 1.54) is 30.9 Å². The molecule has 1 aliphatic carbocycles. The summed E-state index contributed by atoms with van der Waals surface area (Å²) in [7, 11) is -2.77. The molecule has 0 unspecified atom stereocenters. The molecule has 8 nitrogen and oxygen atoms in total. The molecule has 0 aliphatic heterocycles. The number of sulfonamides is 1. The van der Waals surface area contributed by atoms with E-state index in [1.54, 1.807) is 0 Å². The summed E-state index contributed by atoms with van der Waals surface area (Å²) in [5.74, 6) is -0.898. The molecule has 0 bridgehead atoms. The number of ether oxygens (including phenoxy) is 1. The van der Waals surface area contributed by atoms with E-state index in [9.17, 15) is 13.2 Å². The number of benzene rings is 2. The van der Waals surface area contributed by atoms with E-state index in [0.29, 0.717) is 11.0 Å². The highest BCUT2D eigenvalue weighted by Crippen LogP contribution is 2.38. The molecule has 1 aromatic heterocycles. The lowest BCUT2D eigenvalue weighted by Crippen LogP contribution is -2.14. The van der Waals surface area contributed by atoms with E-state index >= 15 is 0 Å². The first kappa shape index (κ1) is 23.6. The van der Waals surface area contributed by atoms with Crippen molar-refractivity contribution in [3.63, 3.8) is 0 Å². The van der Waals surface area contributed by atoms with Crippen LogP contribution in [0.2, 0.25) is 0 Å². The molecule has 0 saturated heterocycles. The molecule has 0 atom stereocenters. The van der Waals surface area contributed by atoms with Gasteiger partial charge in [0.1, 0.15) is 12.0 Å². The number of methoxy groups -OCH3 is 1. The minimum absolute atomic E-state index is 0.0281. The molecule has 2 N–H and O–H groups in total. The largest absolute Gasteiger partial charge is 0.495 e. The first-order valence-electron chi connectivity index (χ1n) is 10.8. The number of aromatic carboxylic acids is 1. The summed E-state index contributed by atoms with van der Waals surface area (Å²) in [6.45, 7) is 4.54. The second-order valence-electron chi connectivity index (χ2n) is 8.99. The highest BCUT2D eigenvalue weighted by Gasteiger charge is 2.24. The summed E-state index contributed by atoms with van der Waals surface area (Å²) >= 11 is 0. The van der Waals surface area contributed by atoms with Crippen LogP contribution >= 0.6 is 0 Å². The smallest absolute Gasteiger partial charge is 0.335 e. The Labute approximate surface area is 198 Å². The van der Waals surface area contributed by atoms with Crippen LogP contribution in [-0.2, 0) is 10.0 Å². The van der Waals surface area contributed by atoms with Crippen molar-refractivity contribution in [1.82, 2.24) is 4.98 Å². The Bertz CT molecular complexity index is 1350. The van der Waals surface area contributed by atoms with Crippen LogP contribution in [0.1, 0.15) is 49.0 Å². The number of oxazole rings is 1. The molecule has 0 saturated carbocycles. The maximum Gasteiger partial charge on any atom is 0.335 e. The number of allylic oxidation sites excluding steroid dienone is 2. The van der Waals surface area contributed by atoms with Crippen molar-refractivity contribution < 1.29 is 27.5 Å². The van der Waals surface area contributed by atoms with Gasteiger partial charge in [0.15, 0.2) is 0 Å². The number of carboxylic acid groups (broad SMARTS) is 1. The van der Waals surface area contributed by atoms with Gasteiger partial charge in [-0.25, -0.2) is 4.79 Å². The average Bonchev–Trinajstić information content (AvgIpc) is 3.31. The minimum Gasteiger partial charge on any atom is -0.495 e. The SMILES string of the molecule is COc1cc(C(=O)O)ccc1NS(=O)(=O)c1coc(-c2ccc(C3=CCC(C)(C)CC3)cc2)n1. The standard InChI is InChI=1S/C25H26N2O6S/c1-25(2)12-10-17(11-13-25)16-4-6-18(7-5-16)23-26-22(15-33-23)34(30,31)27-20-9-8-19(24(28)29)14-21(20)32-3/h4-10,14-15,27H,11-13H2,1-3H3,(H,28,29). The van der Waals surface area contributed by atoms with Gasteiger partial charge in [0.2, 0.25) is 10.9 Å². The quantitative estimate of drug-likeness (QED) is 0.460. The van der Waals surface area contributed by atoms with Crippen molar-refractivity contribution in [2.75, 3.05) is 11.8 Å². The van der Waals surface area contributed by atoms with Crippen molar-refractivity contribution in [3.8, 4) is 17.2 Å². The van der Waals surface area contributed by atoms with Crippen molar-refractivity contribution >= 4 is 27.3 Å². The average molecular weight is 483 g/mol. The van der Waals surface area contributed by atoms with Crippen LogP contribution in [0.15, 0.2) is 64.2 Å². The normalized spacial score (nSPS) is 15.4. The zero-order chi connectivity index (χ0) is 24.5. The lowest BCUT2D eigenvalue weighted by molar-refractivity contribution is 0.0696. The van der Waals surface area contributed by atoms with E-state index in [1.807, 2.05) is 24.3 Å². The molecule has 34 heavy (non-hydrogen) atoms. The molecular formula is C25H26N2O6S. The third-order valence-electron chi connectivity index (χ3n) is 5.93. The number of aromatic nitrogens is 1. The summed E-state index contributed by atoms with van der Waals surface area (Å²) < 4.78 is 38.6. The molecule has 2 aromatic carbocycles.